The number of carbonyl (C=O) groups is 3. The fraction of sp³-hybridized carbons (Fsp3) is 0.200. The van der Waals surface area contributed by atoms with Crippen LogP contribution < -0.4 is 11.1 Å². The first kappa shape index (κ1) is 22.8. The van der Waals surface area contributed by atoms with E-state index in [1.807, 2.05) is 6.92 Å². The molecule has 0 fully saturated rings. The average molecular weight is 481 g/mol. The molecule has 2 amide bonds. The van der Waals surface area contributed by atoms with E-state index in [-0.39, 0.29) is 27.7 Å². The Labute approximate surface area is 191 Å². The number of carbonyl (C=O) groups excluding carboxylic acids is 3. The van der Waals surface area contributed by atoms with Gasteiger partial charge in [-0.3, -0.25) is 14.7 Å². The Morgan fingerprint density at radius 1 is 1.23 bits per heavy atom. The number of hydrogen-bond acceptors (Lipinski definition) is 6. The molecule has 0 bridgehead atoms. The van der Waals surface area contributed by atoms with Gasteiger partial charge in [0.2, 0.25) is 0 Å². The van der Waals surface area contributed by atoms with Crippen molar-refractivity contribution >= 4 is 57.3 Å². The molecule has 3 rings (SSSR count). The van der Waals surface area contributed by atoms with Crippen LogP contribution in [0.2, 0.25) is 10.0 Å². The number of nitrogens with two attached hydrogens (primary N) is 1. The number of H-pyrrole nitrogens is 1. The molecular weight excluding hydrogens is 463 g/mol. The Kier molecular flexibility index (Phi) is 6.99. The van der Waals surface area contributed by atoms with Gasteiger partial charge < -0.3 is 15.8 Å². The molecule has 2 heterocycles. The summed E-state index contributed by atoms with van der Waals surface area (Å²) < 4.78 is 5.18. The molecule has 0 saturated carbocycles. The van der Waals surface area contributed by atoms with Gasteiger partial charge >= 0.3 is 5.97 Å². The molecule has 0 atom stereocenters. The number of nitrogens with zero attached hydrogens (tertiary/aromatic N) is 1. The number of hydrogen-bond donors (Lipinski definition) is 3. The number of esters is 1. The molecule has 31 heavy (non-hydrogen) atoms. The molecule has 0 aliphatic heterocycles. The van der Waals surface area contributed by atoms with Crippen molar-refractivity contribution in [1.82, 2.24) is 10.2 Å². The highest BCUT2D eigenvalue weighted by atomic mass is 35.5. The van der Waals surface area contributed by atoms with Gasteiger partial charge in [0.15, 0.2) is 0 Å². The van der Waals surface area contributed by atoms with Crippen LogP contribution in [0.1, 0.15) is 49.4 Å². The lowest BCUT2D eigenvalue weighted by Gasteiger charge is -2.07. The molecular formula is C20H18Cl2N4O4S. The lowest BCUT2D eigenvalue weighted by molar-refractivity contribution is 0.0506. The van der Waals surface area contributed by atoms with E-state index in [0.29, 0.717) is 33.3 Å². The maximum atomic E-state index is 12.8. The second-order valence-corrected chi connectivity index (χ2v) is 8.35. The first-order valence-corrected chi connectivity index (χ1v) is 10.7. The number of ether oxygens (including phenoxy) is 1. The van der Waals surface area contributed by atoms with Gasteiger partial charge in [-0.25, -0.2) is 4.79 Å². The van der Waals surface area contributed by atoms with Crippen molar-refractivity contribution in [1.29, 1.82) is 0 Å². The summed E-state index contributed by atoms with van der Waals surface area (Å²) in [6.45, 7) is 3.64. The molecule has 0 spiro atoms. The van der Waals surface area contributed by atoms with Crippen molar-refractivity contribution in [2.45, 2.75) is 20.3 Å². The van der Waals surface area contributed by atoms with E-state index >= 15 is 0 Å². The second kappa shape index (κ2) is 9.51. The normalized spacial score (nSPS) is 10.7. The summed E-state index contributed by atoms with van der Waals surface area (Å²) in [6.07, 6.45) is 0.630. The number of aromatic nitrogens is 2. The van der Waals surface area contributed by atoms with Gasteiger partial charge in [0.05, 0.1) is 32.8 Å². The third-order valence-electron chi connectivity index (χ3n) is 4.28. The summed E-state index contributed by atoms with van der Waals surface area (Å²) >= 11 is 12.9. The van der Waals surface area contributed by atoms with Gasteiger partial charge in [-0.2, -0.15) is 5.10 Å². The van der Waals surface area contributed by atoms with E-state index in [9.17, 15) is 14.4 Å². The maximum Gasteiger partial charge on any atom is 0.341 e. The molecule has 0 aliphatic carbocycles. The molecule has 0 aliphatic rings. The molecule has 11 heteroatoms. The van der Waals surface area contributed by atoms with Crippen LogP contribution in [0.5, 0.6) is 0 Å². The fourth-order valence-corrected chi connectivity index (χ4v) is 4.10. The van der Waals surface area contributed by atoms with Crippen molar-refractivity contribution < 1.29 is 19.1 Å². The monoisotopic (exact) mass is 480 g/mol. The Morgan fingerprint density at radius 3 is 2.61 bits per heavy atom. The molecule has 2 aromatic heterocycles. The van der Waals surface area contributed by atoms with Gasteiger partial charge in [-0.1, -0.05) is 36.2 Å². The van der Waals surface area contributed by atoms with Crippen molar-refractivity contribution in [2.24, 2.45) is 5.73 Å². The quantitative estimate of drug-likeness (QED) is 0.423. The zero-order valence-corrected chi connectivity index (χ0v) is 18.9. The topological polar surface area (TPSA) is 127 Å². The largest absolute Gasteiger partial charge is 0.462 e. The van der Waals surface area contributed by atoms with Crippen LogP contribution in [-0.4, -0.2) is 34.6 Å². The highest BCUT2D eigenvalue weighted by Crippen LogP contribution is 2.34. The fourth-order valence-electron chi connectivity index (χ4n) is 2.76. The smallest absolute Gasteiger partial charge is 0.341 e. The third-order valence-corrected chi connectivity index (χ3v) is 6.24. The predicted molar refractivity (Wildman–Crippen MR) is 120 cm³/mol. The molecule has 4 N–H and O–H groups in total. The Balaban J connectivity index is 1.88. The van der Waals surface area contributed by atoms with Crippen LogP contribution in [0.25, 0.3) is 11.3 Å². The van der Waals surface area contributed by atoms with Gasteiger partial charge in [0, 0.05) is 5.56 Å². The Morgan fingerprint density at radius 2 is 1.97 bits per heavy atom. The summed E-state index contributed by atoms with van der Waals surface area (Å²) in [6, 6.07) is 6.50. The van der Waals surface area contributed by atoms with Gasteiger partial charge in [-0.05, 0) is 37.1 Å². The van der Waals surface area contributed by atoms with Crippen LogP contribution in [0.15, 0.2) is 24.3 Å². The maximum absolute atomic E-state index is 12.8. The second-order valence-electron chi connectivity index (χ2n) is 6.51. The van der Waals surface area contributed by atoms with E-state index in [0.717, 1.165) is 11.3 Å². The van der Waals surface area contributed by atoms with Gasteiger partial charge in [-0.15, -0.1) is 11.3 Å². The number of amides is 2. The standard InChI is InChI=1S/C20H18Cl2N4O4S/c1-3-6-30-20(29)15-9(2)16(17(23)27)31-19(15)24-18(28)14-8-13(25-26-14)10-4-5-11(21)12(22)7-10/h4-5,7-8H,3,6H2,1-2H3,(H2,23,27)(H,24,28)(H,25,26). The first-order valence-electron chi connectivity index (χ1n) is 9.15. The Hall–Kier alpha value is -2.88. The van der Waals surface area contributed by atoms with Crippen LogP contribution in [-0.2, 0) is 4.74 Å². The molecule has 0 saturated heterocycles. The lowest BCUT2D eigenvalue weighted by Crippen LogP contribution is -2.15. The number of benzene rings is 1. The summed E-state index contributed by atoms with van der Waals surface area (Å²) in [5.41, 5.74) is 7.14. The van der Waals surface area contributed by atoms with Crippen molar-refractivity contribution in [3.8, 4) is 11.3 Å². The summed E-state index contributed by atoms with van der Waals surface area (Å²) in [5.74, 6) is -1.89. The van der Waals surface area contributed by atoms with Crippen LogP contribution in [0.4, 0.5) is 5.00 Å². The zero-order chi connectivity index (χ0) is 22.7. The molecule has 1 aromatic carbocycles. The highest BCUT2D eigenvalue weighted by Gasteiger charge is 2.26. The highest BCUT2D eigenvalue weighted by molar-refractivity contribution is 7.18. The van der Waals surface area contributed by atoms with Crippen molar-refractivity contribution in [2.75, 3.05) is 11.9 Å². The van der Waals surface area contributed by atoms with E-state index < -0.39 is 17.8 Å². The SMILES string of the molecule is CCCOC(=O)c1c(NC(=O)c2cc(-c3ccc(Cl)c(Cl)c3)n[nH]2)sc(C(N)=O)c1C. The predicted octanol–water partition coefficient (Wildman–Crippen LogP) is 4.67. The number of halogens is 2. The van der Waals surface area contributed by atoms with E-state index in [4.69, 9.17) is 33.7 Å². The number of rotatable bonds is 7. The summed E-state index contributed by atoms with van der Waals surface area (Å²) in [5, 5.41) is 10.3. The number of thiophene rings is 1. The third kappa shape index (κ3) is 4.90. The van der Waals surface area contributed by atoms with Gasteiger partial charge in [0.25, 0.3) is 11.8 Å². The van der Waals surface area contributed by atoms with Crippen LogP contribution in [0, 0.1) is 6.92 Å². The number of primary amides is 1. The van der Waals surface area contributed by atoms with Crippen molar-refractivity contribution in [3.05, 3.63) is 56.0 Å². The molecule has 162 valence electrons. The minimum atomic E-state index is -0.698. The van der Waals surface area contributed by atoms with Gasteiger partial charge in [0.1, 0.15) is 10.7 Å². The van der Waals surface area contributed by atoms with Crippen molar-refractivity contribution in [3.63, 3.8) is 0 Å². The van der Waals surface area contributed by atoms with E-state index in [1.54, 1.807) is 25.1 Å². The minimum absolute atomic E-state index is 0.102. The summed E-state index contributed by atoms with van der Waals surface area (Å²) in [7, 11) is 0. The first-order chi connectivity index (χ1) is 14.7. The number of anilines is 1. The Bertz CT molecular complexity index is 1170. The summed E-state index contributed by atoms with van der Waals surface area (Å²) in [4.78, 5) is 37.1. The van der Waals surface area contributed by atoms with Crippen LogP contribution in [0.3, 0.4) is 0 Å². The zero-order valence-electron chi connectivity index (χ0n) is 16.5. The molecule has 3 aromatic rings. The molecule has 0 unspecified atom stereocenters. The van der Waals surface area contributed by atoms with Crippen LogP contribution >= 0.6 is 34.5 Å². The number of nitrogens with one attached hydrogen (secondary N) is 2. The van der Waals surface area contributed by atoms with E-state index in [1.165, 1.54) is 6.07 Å². The van der Waals surface area contributed by atoms with E-state index in [2.05, 4.69) is 15.5 Å². The lowest BCUT2D eigenvalue weighted by atomic mass is 10.1. The molecule has 0 radical (unpaired) electrons. The molecule has 8 nitrogen and oxygen atoms in total. The minimum Gasteiger partial charge on any atom is -0.462 e. The number of aromatic amines is 1. The average Bonchev–Trinajstić information content (AvgIpc) is 3.33.